The van der Waals surface area contributed by atoms with Crippen molar-refractivity contribution in [3.8, 4) is 0 Å². The van der Waals surface area contributed by atoms with Crippen LogP contribution in [0.2, 0.25) is 0 Å². The average Bonchev–Trinajstić information content (AvgIpc) is 2.96. The van der Waals surface area contributed by atoms with Crippen molar-refractivity contribution >= 4 is 18.1 Å². The van der Waals surface area contributed by atoms with Gasteiger partial charge in [-0.15, -0.1) is 0 Å². The number of hydrogen-bond donors (Lipinski definition) is 0. The van der Waals surface area contributed by atoms with Crippen molar-refractivity contribution in [2.24, 2.45) is 21.8 Å². The van der Waals surface area contributed by atoms with Gasteiger partial charge in [0, 0.05) is 44.7 Å². The fourth-order valence-corrected chi connectivity index (χ4v) is 6.56. The molecule has 3 aliphatic rings. The Morgan fingerprint density at radius 3 is 2.26 bits per heavy atom. The van der Waals surface area contributed by atoms with Gasteiger partial charge in [0.25, 0.3) is 0 Å². The maximum Gasteiger partial charge on any atom is 0.125 e. The first-order chi connectivity index (χ1) is 18.6. The molecule has 0 aromatic heterocycles. The Hall–Kier alpha value is -1.82. The van der Waals surface area contributed by atoms with Crippen LogP contribution in [0.4, 0.5) is 0 Å². The second kappa shape index (κ2) is 15.1. The van der Waals surface area contributed by atoms with Gasteiger partial charge in [-0.25, -0.2) is 4.99 Å². The lowest BCUT2D eigenvalue weighted by Crippen LogP contribution is -2.50. The highest BCUT2D eigenvalue weighted by Crippen LogP contribution is 2.30. The number of benzene rings is 1. The van der Waals surface area contributed by atoms with Crippen molar-refractivity contribution in [1.29, 1.82) is 0 Å². The minimum Gasteiger partial charge on any atom is -0.301 e. The van der Waals surface area contributed by atoms with E-state index in [2.05, 4.69) is 82.5 Å². The van der Waals surface area contributed by atoms with E-state index in [1.54, 1.807) is 5.57 Å². The molecule has 1 atom stereocenters. The van der Waals surface area contributed by atoms with Crippen molar-refractivity contribution in [1.82, 2.24) is 14.7 Å². The van der Waals surface area contributed by atoms with Crippen molar-refractivity contribution in [3.05, 3.63) is 41.5 Å². The smallest absolute Gasteiger partial charge is 0.125 e. The van der Waals surface area contributed by atoms with Gasteiger partial charge in [-0.3, -0.25) is 9.89 Å². The van der Waals surface area contributed by atoms with Gasteiger partial charge in [0.2, 0.25) is 0 Å². The standard InChI is InChI=1S/C33H53N5/c1-5-19-36-23-25-38(26-24-36)32-14-12-31(13-15-32)30-10-8-28(9-11-30)6-7-29-16-20-37(21-17-29)22-18-35-33(34-4)27(2)3/h8-12,27,29,32H,4-7,13-26H2,1-3H3. The van der Waals surface area contributed by atoms with Crippen LogP contribution in [0.15, 0.2) is 40.3 Å². The Morgan fingerprint density at radius 1 is 0.947 bits per heavy atom. The number of piperidine rings is 1. The number of rotatable bonds is 11. The van der Waals surface area contributed by atoms with Gasteiger partial charge in [0.1, 0.15) is 5.84 Å². The van der Waals surface area contributed by atoms with Gasteiger partial charge in [-0.2, -0.15) is 0 Å². The van der Waals surface area contributed by atoms with Crippen molar-refractivity contribution in [2.45, 2.75) is 78.2 Å². The first kappa shape index (κ1) is 29.2. The van der Waals surface area contributed by atoms with Crippen molar-refractivity contribution in [2.75, 3.05) is 58.9 Å². The molecule has 4 rings (SSSR count). The fraction of sp³-hybridized carbons (Fsp3) is 0.697. The van der Waals surface area contributed by atoms with E-state index in [0.29, 0.717) is 5.92 Å². The van der Waals surface area contributed by atoms with Crippen LogP contribution < -0.4 is 0 Å². The van der Waals surface area contributed by atoms with Gasteiger partial charge in [-0.1, -0.05) is 51.1 Å². The van der Waals surface area contributed by atoms with Crippen LogP contribution in [0.1, 0.15) is 76.8 Å². The molecule has 0 saturated carbocycles. The molecular weight excluding hydrogens is 466 g/mol. The van der Waals surface area contributed by atoms with Gasteiger partial charge in [0.15, 0.2) is 0 Å². The van der Waals surface area contributed by atoms with Crippen LogP contribution in [0, 0.1) is 11.8 Å². The number of hydrogen-bond acceptors (Lipinski definition) is 4. The molecule has 1 aromatic rings. The van der Waals surface area contributed by atoms with Crippen LogP contribution in [-0.2, 0) is 6.42 Å². The summed E-state index contributed by atoms with van der Waals surface area (Å²) >= 11 is 0. The highest BCUT2D eigenvalue weighted by Gasteiger charge is 2.25. The van der Waals surface area contributed by atoms with Crippen LogP contribution in [0.25, 0.3) is 5.57 Å². The van der Waals surface area contributed by atoms with Gasteiger partial charge in [0.05, 0.1) is 6.54 Å². The van der Waals surface area contributed by atoms with Gasteiger partial charge >= 0.3 is 0 Å². The summed E-state index contributed by atoms with van der Waals surface area (Å²) in [4.78, 5) is 16.7. The van der Waals surface area contributed by atoms with E-state index >= 15 is 0 Å². The minimum absolute atomic E-state index is 0.362. The van der Waals surface area contributed by atoms with E-state index < -0.39 is 0 Å². The Morgan fingerprint density at radius 2 is 1.66 bits per heavy atom. The van der Waals surface area contributed by atoms with E-state index in [9.17, 15) is 0 Å². The zero-order valence-electron chi connectivity index (χ0n) is 24.6. The monoisotopic (exact) mass is 519 g/mol. The maximum absolute atomic E-state index is 4.64. The Labute approximate surface area is 233 Å². The van der Waals surface area contributed by atoms with Crippen LogP contribution >= 0.6 is 0 Å². The number of nitrogens with zero attached hydrogens (tertiary/aromatic N) is 5. The van der Waals surface area contributed by atoms with Crippen LogP contribution in [0.3, 0.4) is 0 Å². The molecule has 2 saturated heterocycles. The van der Waals surface area contributed by atoms with E-state index in [0.717, 1.165) is 30.9 Å². The summed E-state index contributed by atoms with van der Waals surface area (Å²) in [5.74, 6) is 2.12. The molecule has 1 aromatic carbocycles. The van der Waals surface area contributed by atoms with E-state index in [1.807, 2.05) is 0 Å². The van der Waals surface area contributed by atoms with E-state index in [1.165, 1.54) is 108 Å². The first-order valence-electron chi connectivity index (χ1n) is 15.5. The molecule has 0 radical (unpaired) electrons. The molecule has 0 spiro atoms. The quantitative estimate of drug-likeness (QED) is 0.264. The molecule has 2 aliphatic heterocycles. The lowest BCUT2D eigenvalue weighted by molar-refractivity contribution is 0.0922. The summed E-state index contributed by atoms with van der Waals surface area (Å²) in [6, 6.07) is 10.3. The fourth-order valence-electron chi connectivity index (χ4n) is 6.56. The molecule has 2 heterocycles. The molecule has 38 heavy (non-hydrogen) atoms. The molecular formula is C33H53N5. The highest BCUT2D eigenvalue weighted by atomic mass is 15.3. The molecule has 210 valence electrons. The van der Waals surface area contributed by atoms with Crippen molar-refractivity contribution in [3.63, 3.8) is 0 Å². The first-order valence-corrected chi connectivity index (χ1v) is 15.5. The molecule has 0 amide bonds. The molecule has 5 nitrogen and oxygen atoms in total. The third kappa shape index (κ3) is 8.59. The van der Waals surface area contributed by atoms with E-state index in [-0.39, 0.29) is 0 Å². The van der Waals surface area contributed by atoms with Gasteiger partial charge in [-0.05, 0) is 100 Å². The largest absolute Gasteiger partial charge is 0.301 e. The van der Waals surface area contributed by atoms with Crippen LogP contribution in [0.5, 0.6) is 0 Å². The molecule has 2 fully saturated rings. The zero-order valence-corrected chi connectivity index (χ0v) is 24.6. The third-order valence-electron chi connectivity index (χ3n) is 9.09. The number of allylic oxidation sites excluding steroid dienone is 1. The van der Waals surface area contributed by atoms with Crippen LogP contribution in [-0.4, -0.2) is 92.2 Å². The summed E-state index contributed by atoms with van der Waals surface area (Å²) in [5.41, 5.74) is 4.52. The van der Waals surface area contributed by atoms with Crippen molar-refractivity contribution < 1.29 is 0 Å². The maximum atomic E-state index is 4.64. The topological polar surface area (TPSA) is 34.4 Å². The Bertz CT molecular complexity index is 902. The minimum atomic E-state index is 0.362. The Balaban J connectivity index is 1.15. The lowest BCUT2D eigenvalue weighted by Gasteiger charge is -2.40. The number of likely N-dealkylation sites (tertiary alicyclic amines) is 1. The number of amidine groups is 1. The summed E-state index contributed by atoms with van der Waals surface area (Å²) in [6.45, 7) is 20.8. The number of aryl methyl sites for hydroxylation is 1. The normalized spacial score (nSPS) is 23.1. The summed E-state index contributed by atoms with van der Waals surface area (Å²) in [5, 5.41) is 0. The molecule has 1 unspecified atom stereocenters. The second-order valence-corrected chi connectivity index (χ2v) is 12.1. The highest BCUT2D eigenvalue weighted by molar-refractivity contribution is 5.87. The average molecular weight is 520 g/mol. The predicted octanol–water partition coefficient (Wildman–Crippen LogP) is 6.05. The summed E-state index contributed by atoms with van der Waals surface area (Å²) in [7, 11) is 0. The number of piperazine rings is 1. The SMILES string of the molecule is C=NC(=NCCN1CCC(CCc2ccc(C3=CCC(N4CCN(CCC)CC4)CC3)cc2)CC1)C(C)C. The zero-order chi connectivity index (χ0) is 26.7. The Kier molecular flexibility index (Phi) is 11.6. The predicted molar refractivity (Wildman–Crippen MR) is 165 cm³/mol. The molecule has 0 N–H and O–H groups in total. The summed E-state index contributed by atoms with van der Waals surface area (Å²) in [6.07, 6.45) is 12.8. The third-order valence-corrected chi connectivity index (χ3v) is 9.09. The van der Waals surface area contributed by atoms with Gasteiger partial charge < -0.3 is 9.80 Å². The number of aliphatic imine (C=N–C) groups is 2. The second-order valence-electron chi connectivity index (χ2n) is 12.1. The summed E-state index contributed by atoms with van der Waals surface area (Å²) < 4.78 is 0. The van der Waals surface area contributed by atoms with E-state index in [4.69, 9.17) is 0 Å². The molecule has 5 heteroatoms. The molecule has 0 bridgehead atoms. The molecule has 1 aliphatic carbocycles. The lowest BCUT2D eigenvalue weighted by atomic mass is 9.88.